The van der Waals surface area contributed by atoms with Crippen LogP contribution in [0.2, 0.25) is 5.02 Å². The van der Waals surface area contributed by atoms with Crippen LogP contribution < -0.4 is 30.4 Å². The average Bonchev–Trinajstić information content (AvgIpc) is 2.86. The highest BCUT2D eigenvalue weighted by atomic mass is 35.5. The van der Waals surface area contributed by atoms with Gasteiger partial charge in [0.15, 0.2) is 11.5 Å². The lowest BCUT2D eigenvalue weighted by molar-refractivity contribution is 0.0846. The van der Waals surface area contributed by atoms with Crippen molar-refractivity contribution in [2.75, 3.05) is 26.6 Å². The Labute approximate surface area is 200 Å². The van der Waals surface area contributed by atoms with Crippen LogP contribution in [0.15, 0.2) is 60.7 Å². The Balaban J connectivity index is 1.67. The topological polar surface area (TPSA) is 115 Å². The van der Waals surface area contributed by atoms with E-state index in [0.29, 0.717) is 33.5 Å². The van der Waals surface area contributed by atoms with Gasteiger partial charge in [-0.1, -0.05) is 17.7 Å². The van der Waals surface area contributed by atoms with Gasteiger partial charge < -0.3 is 19.5 Å². The smallest absolute Gasteiger partial charge is 0.269 e. The van der Waals surface area contributed by atoms with Crippen LogP contribution in [-0.2, 0) is 0 Å². The molecule has 0 heterocycles. The zero-order valence-corrected chi connectivity index (χ0v) is 19.4. The van der Waals surface area contributed by atoms with Crippen molar-refractivity contribution in [2.24, 2.45) is 0 Å². The molecule has 3 amide bonds. The van der Waals surface area contributed by atoms with Crippen molar-refractivity contribution >= 4 is 35.0 Å². The van der Waals surface area contributed by atoms with Crippen LogP contribution in [-0.4, -0.2) is 39.1 Å². The maximum absolute atomic E-state index is 12.6. The zero-order chi connectivity index (χ0) is 24.7. The fourth-order valence-electron chi connectivity index (χ4n) is 3.01. The van der Waals surface area contributed by atoms with Crippen LogP contribution in [0.4, 0.5) is 5.69 Å². The van der Waals surface area contributed by atoms with E-state index in [1.807, 2.05) is 0 Å². The Hall–Kier alpha value is -4.24. The van der Waals surface area contributed by atoms with Gasteiger partial charge in [0.05, 0.1) is 21.3 Å². The summed E-state index contributed by atoms with van der Waals surface area (Å²) in [6, 6.07) is 15.6. The number of carbonyl (C=O) groups excluding carboxylic acids is 3. The molecule has 3 aromatic carbocycles. The standard InChI is InChI=1S/C24H22ClN3O6/c1-32-19-12-16(13-20(33-2)21(19)34-3)24(31)28-27-23(30)15-5-4-6-18(11-15)26-22(29)14-7-9-17(25)10-8-14/h4-13H,1-3H3,(H,26,29)(H,27,30)(H,28,31). The molecule has 0 bridgehead atoms. The number of hydrogen-bond acceptors (Lipinski definition) is 6. The van der Waals surface area contributed by atoms with Crippen LogP contribution in [0, 0.1) is 0 Å². The van der Waals surface area contributed by atoms with Gasteiger partial charge in [-0.15, -0.1) is 0 Å². The number of hydrazine groups is 1. The molecule has 0 saturated heterocycles. The molecular weight excluding hydrogens is 462 g/mol. The molecule has 0 radical (unpaired) electrons. The summed E-state index contributed by atoms with van der Waals surface area (Å²) in [6.07, 6.45) is 0. The maximum Gasteiger partial charge on any atom is 0.269 e. The molecule has 10 heteroatoms. The molecule has 9 nitrogen and oxygen atoms in total. The van der Waals surface area contributed by atoms with Gasteiger partial charge >= 0.3 is 0 Å². The van der Waals surface area contributed by atoms with Gasteiger partial charge in [-0.25, -0.2) is 0 Å². The highest BCUT2D eigenvalue weighted by Crippen LogP contribution is 2.38. The Morgan fingerprint density at radius 3 is 1.82 bits per heavy atom. The number of ether oxygens (including phenoxy) is 3. The summed E-state index contributed by atoms with van der Waals surface area (Å²) in [5.74, 6) is -0.610. The van der Waals surface area contributed by atoms with E-state index in [1.165, 1.54) is 39.5 Å². The maximum atomic E-state index is 12.6. The molecule has 0 saturated carbocycles. The molecular formula is C24H22ClN3O6. The quantitative estimate of drug-likeness (QED) is 0.441. The van der Waals surface area contributed by atoms with E-state index in [-0.39, 0.29) is 17.0 Å². The van der Waals surface area contributed by atoms with Gasteiger partial charge in [0.2, 0.25) is 5.75 Å². The number of halogens is 1. The second-order valence-electron chi connectivity index (χ2n) is 6.86. The lowest BCUT2D eigenvalue weighted by Crippen LogP contribution is -2.41. The Morgan fingerprint density at radius 1 is 0.676 bits per heavy atom. The molecule has 0 atom stereocenters. The summed E-state index contributed by atoms with van der Waals surface area (Å²) < 4.78 is 15.7. The van der Waals surface area contributed by atoms with Gasteiger partial charge in [0.1, 0.15) is 0 Å². The van der Waals surface area contributed by atoms with Crippen molar-refractivity contribution in [3.63, 3.8) is 0 Å². The minimum Gasteiger partial charge on any atom is -0.493 e. The molecule has 176 valence electrons. The SMILES string of the molecule is COc1cc(C(=O)NNC(=O)c2cccc(NC(=O)c3ccc(Cl)cc3)c2)cc(OC)c1OC. The van der Waals surface area contributed by atoms with Crippen LogP contribution in [0.1, 0.15) is 31.1 Å². The molecule has 0 unspecified atom stereocenters. The van der Waals surface area contributed by atoms with Crippen molar-refractivity contribution in [1.29, 1.82) is 0 Å². The molecule has 0 fully saturated rings. The monoisotopic (exact) mass is 483 g/mol. The summed E-state index contributed by atoms with van der Waals surface area (Å²) in [6.45, 7) is 0. The molecule has 0 aliphatic carbocycles. The van der Waals surface area contributed by atoms with Crippen molar-refractivity contribution in [3.8, 4) is 17.2 Å². The summed E-state index contributed by atoms with van der Waals surface area (Å²) >= 11 is 5.84. The zero-order valence-electron chi connectivity index (χ0n) is 18.6. The van der Waals surface area contributed by atoms with E-state index in [9.17, 15) is 14.4 Å². The van der Waals surface area contributed by atoms with E-state index in [0.717, 1.165) is 0 Å². The second-order valence-corrected chi connectivity index (χ2v) is 7.30. The van der Waals surface area contributed by atoms with Crippen LogP contribution in [0.5, 0.6) is 17.2 Å². The van der Waals surface area contributed by atoms with Gasteiger partial charge in [0, 0.05) is 27.4 Å². The highest BCUT2D eigenvalue weighted by Gasteiger charge is 2.18. The fraction of sp³-hybridized carbons (Fsp3) is 0.125. The molecule has 34 heavy (non-hydrogen) atoms. The summed E-state index contributed by atoms with van der Waals surface area (Å²) in [5.41, 5.74) is 5.90. The lowest BCUT2D eigenvalue weighted by Gasteiger charge is -2.14. The number of benzene rings is 3. The third-order valence-corrected chi connectivity index (χ3v) is 4.96. The minimum atomic E-state index is -0.597. The first-order valence-electron chi connectivity index (χ1n) is 9.94. The van der Waals surface area contributed by atoms with E-state index in [4.69, 9.17) is 25.8 Å². The van der Waals surface area contributed by atoms with Crippen LogP contribution in [0.25, 0.3) is 0 Å². The van der Waals surface area contributed by atoms with Crippen molar-refractivity contribution in [3.05, 3.63) is 82.4 Å². The van der Waals surface area contributed by atoms with Crippen LogP contribution >= 0.6 is 11.6 Å². The number of nitrogens with one attached hydrogen (secondary N) is 3. The van der Waals surface area contributed by atoms with E-state index >= 15 is 0 Å². The highest BCUT2D eigenvalue weighted by molar-refractivity contribution is 6.30. The fourth-order valence-corrected chi connectivity index (χ4v) is 3.14. The van der Waals surface area contributed by atoms with Gasteiger partial charge in [0.25, 0.3) is 17.7 Å². The summed E-state index contributed by atoms with van der Waals surface area (Å²) in [5, 5.41) is 3.23. The van der Waals surface area contributed by atoms with Crippen molar-refractivity contribution < 1.29 is 28.6 Å². The van der Waals surface area contributed by atoms with E-state index in [1.54, 1.807) is 42.5 Å². The Morgan fingerprint density at radius 2 is 1.26 bits per heavy atom. The van der Waals surface area contributed by atoms with Crippen molar-refractivity contribution in [1.82, 2.24) is 10.9 Å². The first kappa shape index (κ1) is 24.4. The predicted molar refractivity (Wildman–Crippen MR) is 127 cm³/mol. The van der Waals surface area contributed by atoms with E-state index < -0.39 is 11.8 Å². The molecule has 0 aliphatic rings. The number of anilines is 1. The summed E-state index contributed by atoms with van der Waals surface area (Å²) in [4.78, 5) is 37.5. The lowest BCUT2D eigenvalue weighted by atomic mass is 10.1. The molecule has 0 aliphatic heterocycles. The first-order chi connectivity index (χ1) is 16.4. The number of methoxy groups -OCH3 is 3. The number of hydrogen-bond donors (Lipinski definition) is 3. The molecule has 0 spiro atoms. The van der Waals surface area contributed by atoms with Crippen LogP contribution in [0.3, 0.4) is 0 Å². The van der Waals surface area contributed by atoms with Crippen molar-refractivity contribution in [2.45, 2.75) is 0 Å². The average molecular weight is 484 g/mol. The van der Waals surface area contributed by atoms with Gasteiger partial charge in [-0.2, -0.15) is 0 Å². The Kier molecular flexibility index (Phi) is 7.94. The normalized spacial score (nSPS) is 10.1. The minimum absolute atomic E-state index is 0.179. The molecule has 3 rings (SSSR count). The molecule has 0 aromatic heterocycles. The second kappa shape index (κ2) is 11.1. The predicted octanol–water partition coefficient (Wildman–Crippen LogP) is 3.69. The number of rotatable bonds is 7. The molecule has 3 aromatic rings. The van der Waals surface area contributed by atoms with E-state index in [2.05, 4.69) is 16.2 Å². The summed E-state index contributed by atoms with van der Waals surface area (Å²) in [7, 11) is 4.31. The number of carbonyl (C=O) groups is 3. The van der Waals surface area contributed by atoms with Gasteiger partial charge in [-0.3, -0.25) is 25.2 Å². The molecule has 3 N–H and O–H groups in total. The first-order valence-corrected chi connectivity index (χ1v) is 10.3. The third kappa shape index (κ3) is 5.76. The number of amides is 3. The largest absolute Gasteiger partial charge is 0.493 e. The Bertz CT molecular complexity index is 1190. The van der Waals surface area contributed by atoms with Gasteiger partial charge in [-0.05, 0) is 54.6 Å². The third-order valence-electron chi connectivity index (χ3n) is 4.71.